The van der Waals surface area contributed by atoms with Gasteiger partial charge in [-0.1, -0.05) is 18.2 Å². The van der Waals surface area contributed by atoms with Gasteiger partial charge < -0.3 is 8.92 Å². The van der Waals surface area contributed by atoms with Crippen LogP contribution in [-0.2, 0) is 10.6 Å². The molecule has 0 spiro atoms. The molecule has 1 heterocycles. The van der Waals surface area contributed by atoms with Gasteiger partial charge in [-0.3, -0.25) is 0 Å². The molecule has 0 fully saturated rings. The van der Waals surface area contributed by atoms with Crippen molar-refractivity contribution in [2.75, 3.05) is 12.3 Å². The van der Waals surface area contributed by atoms with Crippen molar-refractivity contribution in [3.63, 3.8) is 0 Å². The number of hydrogen-bond acceptors (Lipinski definition) is 3. The highest BCUT2D eigenvalue weighted by Gasteiger charge is 2.22. The fraction of sp³-hybridized carbons (Fsp3) is 0.400. The predicted molar refractivity (Wildman–Crippen MR) is 61.5 cm³/mol. The maximum Gasteiger partial charge on any atom is 0.127 e. The summed E-state index contributed by atoms with van der Waals surface area (Å²) in [6.45, 7) is 0.506. The van der Waals surface area contributed by atoms with Crippen molar-refractivity contribution in [3.05, 3.63) is 29.8 Å². The largest absolute Gasteiger partial charge is 0.487 e. The Bertz CT molecular complexity index is 326. The quantitative estimate of drug-likeness (QED) is 0.415. The molecule has 1 unspecified atom stereocenters. The van der Waals surface area contributed by atoms with Crippen LogP contribution in [0, 0.1) is 0 Å². The van der Waals surface area contributed by atoms with Gasteiger partial charge in [0.25, 0.3) is 0 Å². The van der Waals surface area contributed by atoms with Gasteiger partial charge in [0.05, 0.1) is 6.61 Å². The number of para-hydroxylation sites is 1. The summed E-state index contributed by atoms with van der Waals surface area (Å²) in [5, 5.41) is 0. The van der Waals surface area contributed by atoms with Crippen LogP contribution in [0.4, 0.5) is 0 Å². The Morgan fingerprint density at radius 2 is 2.71 bits per heavy atom. The Labute approximate surface area is 92.3 Å². The van der Waals surface area contributed by atoms with Crippen LogP contribution < -0.4 is 4.74 Å². The molecule has 1 aliphatic heterocycles. The molecule has 0 saturated heterocycles. The minimum Gasteiger partial charge on any atom is -0.487 e. The predicted octanol–water partition coefficient (Wildman–Crippen LogP) is 1.25. The fourth-order valence-corrected chi connectivity index (χ4v) is 1.86. The second-order valence-electron chi connectivity index (χ2n) is 3.12. The third-order valence-electron chi connectivity index (χ3n) is 2.12. The molecule has 14 heavy (non-hydrogen) atoms. The molecule has 0 N–H and O–H groups in total. The van der Waals surface area contributed by atoms with Crippen molar-refractivity contribution in [1.82, 2.24) is 0 Å². The molecule has 2 rings (SSSR count). The summed E-state index contributed by atoms with van der Waals surface area (Å²) < 4.78 is 25.0. The summed E-state index contributed by atoms with van der Waals surface area (Å²) >= 11 is 1.17. The molecule has 0 radical (unpaired) electrons. The Balaban J connectivity index is 1.71. The molecule has 2 nitrogen and oxygen atoms in total. The first kappa shape index (κ1) is 7.66. The van der Waals surface area contributed by atoms with Gasteiger partial charge >= 0.3 is 0 Å². The normalized spacial score (nSPS) is 20.7. The summed E-state index contributed by atoms with van der Waals surface area (Å²) in [7, 11) is -0.827. The Morgan fingerprint density at radius 3 is 3.57 bits per heavy atom. The van der Waals surface area contributed by atoms with Crippen molar-refractivity contribution >= 4 is 19.8 Å². The molecule has 1 atom stereocenters. The lowest BCUT2D eigenvalue weighted by molar-refractivity contribution is 0.164. The average molecular weight is 211 g/mol. The van der Waals surface area contributed by atoms with Gasteiger partial charge in [0, 0.05) is 6.42 Å². The molecule has 74 valence electrons. The van der Waals surface area contributed by atoms with E-state index in [9.17, 15) is 0 Å². The molecule has 1 aromatic rings. The van der Waals surface area contributed by atoms with E-state index in [1.807, 2.05) is 18.2 Å². The molecule has 0 amide bonds. The fourth-order valence-electron chi connectivity index (χ4n) is 1.52. The van der Waals surface area contributed by atoms with Gasteiger partial charge in [-0.25, -0.2) is 0 Å². The zero-order valence-electron chi connectivity index (χ0n) is 9.81. The van der Waals surface area contributed by atoms with Crippen LogP contribution in [0.25, 0.3) is 0 Å². The first-order valence-corrected chi connectivity index (χ1v) is 5.50. The lowest BCUT2D eigenvalue weighted by atomic mass is 10.1. The van der Waals surface area contributed by atoms with Gasteiger partial charge in [0.2, 0.25) is 0 Å². The van der Waals surface area contributed by atoms with Gasteiger partial charge in [-0.2, -0.15) is 0 Å². The molecule has 0 saturated carbocycles. The maximum atomic E-state index is 7.01. The summed E-state index contributed by atoms with van der Waals surface area (Å²) in [4.78, 5) is 0. The maximum absolute atomic E-state index is 7.01. The first-order chi connectivity index (χ1) is 7.75. The molecule has 1 aliphatic rings. The van der Waals surface area contributed by atoms with Gasteiger partial charge in [-0.05, 0) is 32.0 Å². The molecule has 0 bridgehead atoms. The van der Waals surface area contributed by atoms with E-state index in [2.05, 4.69) is 6.07 Å². The van der Waals surface area contributed by atoms with Crippen molar-refractivity contribution < 1.29 is 8.92 Å². The van der Waals surface area contributed by atoms with Crippen LogP contribution >= 0.6 is 12.0 Å². The SMILES string of the molecule is [2H]B([3H])CSOCC1Cc2ccccc2O1. The summed E-state index contributed by atoms with van der Waals surface area (Å²) in [5.74, 6) is 0.944. The lowest BCUT2D eigenvalue weighted by Crippen LogP contribution is -2.18. The van der Waals surface area contributed by atoms with Crippen molar-refractivity contribution in [1.29, 1.82) is 2.67 Å². The summed E-state index contributed by atoms with van der Waals surface area (Å²) in [6, 6.07) is 7.99. The Hall–Kier alpha value is -0.605. The summed E-state index contributed by atoms with van der Waals surface area (Å²) in [5.41, 5.74) is 1.60. The number of hydrogen-bond donors (Lipinski definition) is 0. The minimum absolute atomic E-state index is 0.0693. The Kier molecular flexibility index (Phi) is 2.60. The van der Waals surface area contributed by atoms with E-state index in [-0.39, 0.29) is 6.10 Å². The van der Waals surface area contributed by atoms with Crippen molar-refractivity contribution in [3.8, 4) is 5.75 Å². The van der Waals surface area contributed by atoms with E-state index in [1.165, 1.54) is 17.6 Å². The first-order valence-electron chi connectivity index (χ1n) is 5.74. The highest BCUT2D eigenvalue weighted by atomic mass is 32.2. The molecule has 1 aromatic carbocycles. The van der Waals surface area contributed by atoms with Crippen molar-refractivity contribution in [2.24, 2.45) is 0 Å². The molecule has 0 aromatic heterocycles. The minimum atomic E-state index is -0.827. The number of fused-ring (bicyclic) bond motifs is 1. The lowest BCUT2D eigenvalue weighted by Gasteiger charge is -2.09. The topological polar surface area (TPSA) is 18.5 Å². The van der Waals surface area contributed by atoms with Gasteiger partial charge in [0.15, 0.2) is 0 Å². The van der Waals surface area contributed by atoms with E-state index >= 15 is 0 Å². The van der Waals surface area contributed by atoms with Crippen LogP contribution in [0.3, 0.4) is 0 Å². The van der Waals surface area contributed by atoms with Crippen LogP contribution in [0.2, 0.25) is 0 Å². The van der Waals surface area contributed by atoms with Crippen LogP contribution in [0.1, 0.15) is 5.56 Å². The van der Waals surface area contributed by atoms with Gasteiger partial charge in [0.1, 0.15) is 19.6 Å². The monoisotopic (exact) mass is 211 g/mol. The molecular formula is C10H13BO2S. The molecular weight excluding hydrogens is 195 g/mol. The van der Waals surface area contributed by atoms with Crippen LogP contribution in [-0.4, -0.2) is 28.8 Å². The van der Waals surface area contributed by atoms with E-state index < -0.39 is 7.77 Å². The zero-order valence-corrected chi connectivity index (χ0v) is 8.63. The molecule has 4 heteroatoms. The molecule has 0 aliphatic carbocycles. The highest BCUT2D eigenvalue weighted by molar-refractivity contribution is 7.95. The van der Waals surface area contributed by atoms with E-state index in [1.54, 1.807) is 0 Å². The summed E-state index contributed by atoms with van der Waals surface area (Å²) in [6.07, 6.45) is 0.946. The zero-order chi connectivity index (χ0) is 11.4. The van der Waals surface area contributed by atoms with Gasteiger partial charge in [-0.15, -0.1) is 0 Å². The van der Waals surface area contributed by atoms with E-state index in [0.717, 1.165) is 12.2 Å². The third-order valence-corrected chi connectivity index (χ3v) is 2.56. The number of ether oxygens (including phenoxy) is 1. The third kappa shape index (κ3) is 2.25. The number of benzene rings is 1. The second kappa shape index (κ2) is 4.76. The average Bonchev–Trinajstić information content (AvgIpc) is 2.66. The van der Waals surface area contributed by atoms with Crippen LogP contribution in [0.15, 0.2) is 24.3 Å². The smallest absolute Gasteiger partial charge is 0.127 e. The van der Waals surface area contributed by atoms with Crippen molar-refractivity contribution in [2.45, 2.75) is 12.5 Å². The highest BCUT2D eigenvalue weighted by Crippen LogP contribution is 2.28. The number of rotatable bonds is 5. The van der Waals surface area contributed by atoms with E-state index in [4.69, 9.17) is 11.6 Å². The Morgan fingerprint density at radius 1 is 1.79 bits per heavy atom. The second-order valence-corrected chi connectivity index (χ2v) is 3.93. The van der Waals surface area contributed by atoms with E-state index in [0.29, 0.717) is 12.3 Å². The standard InChI is InChI=1S/C10H13BO2S/c11-7-14-12-6-9-5-8-3-1-2-4-10(8)13-9/h1-4,9H,5-7,11H2/i11TD. The van der Waals surface area contributed by atoms with Crippen LogP contribution in [0.5, 0.6) is 5.75 Å².